The van der Waals surface area contributed by atoms with Crippen LogP contribution in [0.3, 0.4) is 0 Å². The highest BCUT2D eigenvalue weighted by Gasteiger charge is 2.31. The second kappa shape index (κ2) is 7.74. The number of hydrogen-bond donors (Lipinski definition) is 0. The number of aromatic nitrogens is 3. The second-order valence-electron chi connectivity index (χ2n) is 7.94. The van der Waals surface area contributed by atoms with Crippen LogP contribution < -0.4 is 0 Å². The van der Waals surface area contributed by atoms with Crippen LogP contribution >= 0.6 is 11.6 Å². The fourth-order valence-electron chi connectivity index (χ4n) is 4.33. The van der Waals surface area contributed by atoms with Crippen LogP contribution in [0.1, 0.15) is 18.4 Å². The van der Waals surface area contributed by atoms with E-state index in [4.69, 9.17) is 11.6 Å². The van der Waals surface area contributed by atoms with Crippen LogP contribution in [-0.4, -0.2) is 63.7 Å². The normalized spacial score (nSPS) is 18.5. The summed E-state index contributed by atoms with van der Waals surface area (Å²) in [7, 11) is 4.14. The lowest BCUT2D eigenvalue weighted by Gasteiger charge is -2.27. The number of likely N-dealkylation sites (N-methyl/N-ethyl adjacent to an activating group) is 1. The molecule has 1 atom stereocenters. The van der Waals surface area contributed by atoms with E-state index >= 15 is 0 Å². The molecule has 0 saturated carbocycles. The van der Waals surface area contributed by atoms with E-state index in [2.05, 4.69) is 33.9 Å². The SMILES string of the molecule is CN(C)C[C@@H]1CCCN1Cc1ccc2c(c1)c1ncnc(Cl)c1n2CC(F)(F)F. The van der Waals surface area contributed by atoms with Crippen LogP contribution in [0.15, 0.2) is 24.5 Å². The fourth-order valence-corrected chi connectivity index (χ4v) is 4.57. The molecular formula is C20H23ClF3N5. The first-order chi connectivity index (χ1) is 13.7. The van der Waals surface area contributed by atoms with Crippen molar-refractivity contribution in [3.63, 3.8) is 0 Å². The monoisotopic (exact) mass is 425 g/mol. The maximum atomic E-state index is 13.2. The first kappa shape index (κ1) is 20.4. The predicted octanol–water partition coefficient (Wildman–Crippen LogP) is 4.33. The number of likely N-dealkylation sites (tertiary alicyclic amines) is 1. The van der Waals surface area contributed by atoms with E-state index in [1.165, 1.54) is 10.9 Å². The van der Waals surface area contributed by atoms with E-state index in [0.717, 1.165) is 38.0 Å². The van der Waals surface area contributed by atoms with Gasteiger partial charge in [-0.15, -0.1) is 0 Å². The Bertz CT molecular complexity index is 1030. The summed E-state index contributed by atoms with van der Waals surface area (Å²) >= 11 is 6.16. The molecule has 0 radical (unpaired) electrons. The van der Waals surface area contributed by atoms with Crippen molar-refractivity contribution in [1.82, 2.24) is 24.3 Å². The quantitative estimate of drug-likeness (QED) is 0.570. The summed E-state index contributed by atoms with van der Waals surface area (Å²) in [5.41, 5.74) is 2.21. The Labute approximate surface area is 172 Å². The van der Waals surface area contributed by atoms with Crippen molar-refractivity contribution in [2.75, 3.05) is 27.2 Å². The summed E-state index contributed by atoms with van der Waals surface area (Å²) in [6.07, 6.45) is -0.753. The zero-order valence-electron chi connectivity index (χ0n) is 16.4. The van der Waals surface area contributed by atoms with E-state index < -0.39 is 12.7 Å². The van der Waals surface area contributed by atoms with Gasteiger partial charge < -0.3 is 9.47 Å². The van der Waals surface area contributed by atoms with Crippen LogP contribution in [0.5, 0.6) is 0 Å². The average Bonchev–Trinajstić information content (AvgIpc) is 3.17. The average molecular weight is 426 g/mol. The molecular weight excluding hydrogens is 403 g/mol. The number of benzene rings is 1. The summed E-state index contributed by atoms with van der Waals surface area (Å²) in [6, 6.07) is 6.08. The molecule has 1 aromatic carbocycles. The van der Waals surface area contributed by atoms with Crippen molar-refractivity contribution in [3.8, 4) is 0 Å². The molecule has 0 N–H and O–H groups in total. The molecule has 1 aliphatic heterocycles. The molecule has 0 unspecified atom stereocenters. The van der Waals surface area contributed by atoms with Gasteiger partial charge in [-0.2, -0.15) is 13.2 Å². The van der Waals surface area contributed by atoms with Gasteiger partial charge in [-0.3, -0.25) is 4.90 Å². The van der Waals surface area contributed by atoms with Gasteiger partial charge in [0.25, 0.3) is 0 Å². The summed E-state index contributed by atoms with van der Waals surface area (Å²) in [5.74, 6) is 0. The van der Waals surface area contributed by atoms with Crippen LogP contribution in [-0.2, 0) is 13.1 Å². The zero-order valence-corrected chi connectivity index (χ0v) is 17.1. The minimum Gasteiger partial charge on any atom is -0.327 e. The maximum Gasteiger partial charge on any atom is 0.406 e. The molecule has 0 amide bonds. The number of fused-ring (bicyclic) bond motifs is 3. The van der Waals surface area contributed by atoms with E-state index in [0.29, 0.717) is 22.5 Å². The molecule has 29 heavy (non-hydrogen) atoms. The number of nitrogens with zero attached hydrogens (tertiary/aromatic N) is 5. The van der Waals surface area contributed by atoms with Gasteiger partial charge in [0, 0.05) is 24.5 Å². The maximum absolute atomic E-state index is 13.2. The van der Waals surface area contributed by atoms with Crippen molar-refractivity contribution in [2.45, 2.75) is 38.1 Å². The van der Waals surface area contributed by atoms with Gasteiger partial charge in [0.15, 0.2) is 5.15 Å². The molecule has 5 nitrogen and oxygen atoms in total. The molecule has 1 saturated heterocycles. The lowest BCUT2D eigenvalue weighted by atomic mass is 10.1. The molecule has 156 valence electrons. The summed E-state index contributed by atoms with van der Waals surface area (Å²) in [5, 5.41) is 0.706. The highest BCUT2D eigenvalue weighted by molar-refractivity contribution is 6.34. The third-order valence-electron chi connectivity index (χ3n) is 5.45. The Morgan fingerprint density at radius 3 is 2.76 bits per heavy atom. The predicted molar refractivity (Wildman–Crippen MR) is 108 cm³/mol. The van der Waals surface area contributed by atoms with Crippen molar-refractivity contribution in [1.29, 1.82) is 0 Å². The molecule has 0 spiro atoms. The first-order valence-electron chi connectivity index (χ1n) is 9.60. The molecule has 1 aliphatic rings. The Morgan fingerprint density at radius 2 is 2.03 bits per heavy atom. The van der Waals surface area contributed by atoms with Gasteiger partial charge in [-0.1, -0.05) is 17.7 Å². The molecule has 9 heteroatoms. The molecule has 1 fully saturated rings. The summed E-state index contributed by atoms with van der Waals surface area (Å²) < 4.78 is 40.7. The van der Waals surface area contributed by atoms with E-state index in [9.17, 15) is 13.2 Å². The second-order valence-corrected chi connectivity index (χ2v) is 8.30. The Balaban J connectivity index is 1.74. The van der Waals surface area contributed by atoms with Crippen LogP contribution in [0.25, 0.3) is 21.9 Å². The van der Waals surface area contributed by atoms with Crippen LogP contribution in [0.4, 0.5) is 13.2 Å². The third kappa shape index (κ3) is 4.20. The van der Waals surface area contributed by atoms with Crippen molar-refractivity contribution >= 4 is 33.5 Å². The van der Waals surface area contributed by atoms with Gasteiger partial charge in [0.1, 0.15) is 23.9 Å². The highest BCUT2D eigenvalue weighted by Crippen LogP contribution is 2.34. The molecule has 4 rings (SSSR count). The molecule has 3 heterocycles. The minimum atomic E-state index is -4.37. The van der Waals surface area contributed by atoms with Crippen molar-refractivity contribution in [3.05, 3.63) is 35.2 Å². The first-order valence-corrected chi connectivity index (χ1v) is 9.97. The lowest BCUT2D eigenvalue weighted by Crippen LogP contribution is -2.37. The van der Waals surface area contributed by atoms with Crippen molar-refractivity contribution < 1.29 is 13.2 Å². The van der Waals surface area contributed by atoms with Gasteiger partial charge >= 0.3 is 6.18 Å². The number of halogens is 4. The van der Waals surface area contributed by atoms with Crippen LogP contribution in [0, 0.1) is 0 Å². The topological polar surface area (TPSA) is 37.2 Å². The minimum absolute atomic E-state index is 0.0302. The van der Waals surface area contributed by atoms with Gasteiger partial charge in [0.2, 0.25) is 0 Å². The highest BCUT2D eigenvalue weighted by atomic mass is 35.5. The molecule has 0 aliphatic carbocycles. The Morgan fingerprint density at radius 1 is 1.24 bits per heavy atom. The zero-order chi connectivity index (χ0) is 20.8. The number of hydrogen-bond acceptors (Lipinski definition) is 4. The smallest absolute Gasteiger partial charge is 0.327 e. The van der Waals surface area contributed by atoms with E-state index in [1.807, 2.05) is 12.1 Å². The lowest BCUT2D eigenvalue weighted by molar-refractivity contribution is -0.139. The van der Waals surface area contributed by atoms with E-state index in [-0.39, 0.29) is 10.7 Å². The Hall–Kier alpha value is -1.90. The molecule has 3 aromatic rings. The van der Waals surface area contributed by atoms with E-state index in [1.54, 1.807) is 6.07 Å². The summed E-state index contributed by atoms with van der Waals surface area (Å²) in [6.45, 7) is 1.66. The number of alkyl halides is 3. The van der Waals surface area contributed by atoms with Gasteiger partial charge in [-0.25, -0.2) is 9.97 Å². The fraction of sp³-hybridized carbons (Fsp3) is 0.500. The molecule has 0 bridgehead atoms. The van der Waals surface area contributed by atoms with Crippen LogP contribution in [0.2, 0.25) is 5.15 Å². The summed E-state index contributed by atoms with van der Waals surface area (Å²) in [4.78, 5) is 12.8. The van der Waals surface area contributed by atoms with Crippen molar-refractivity contribution in [2.24, 2.45) is 0 Å². The van der Waals surface area contributed by atoms with Gasteiger partial charge in [0.05, 0.1) is 5.52 Å². The molecule has 2 aromatic heterocycles. The largest absolute Gasteiger partial charge is 0.406 e. The van der Waals surface area contributed by atoms with Gasteiger partial charge in [-0.05, 0) is 51.2 Å². The number of rotatable bonds is 5. The Kier molecular flexibility index (Phi) is 5.44. The third-order valence-corrected chi connectivity index (χ3v) is 5.73. The standard InChI is InChI=1S/C20H23ClF3N5/c1-27(2)10-14-4-3-7-28(14)9-13-5-6-16-15(8-13)17-18(19(21)26-12-25-17)29(16)11-20(22,23)24/h5-6,8,12,14H,3-4,7,9-11H2,1-2H3/t14-/m0/s1.